The molecule has 0 radical (unpaired) electrons. The Balaban J connectivity index is 0.000001000. The first-order chi connectivity index (χ1) is 4.68. The number of likely N-dealkylation sites (N-methyl/N-ethyl adjacent to an activating group) is 1. The van der Waals surface area contributed by atoms with Crippen molar-refractivity contribution in [1.82, 2.24) is 4.90 Å². The molecule has 64 valence electrons. The molecule has 0 aliphatic carbocycles. The predicted octanol–water partition coefficient (Wildman–Crippen LogP) is -0.376. The first-order valence-electron chi connectivity index (χ1n) is 2.83. The normalized spacial score (nSPS) is 20.4. The van der Waals surface area contributed by atoms with Gasteiger partial charge >= 0.3 is 0 Å². The fraction of sp³-hybridized carbons (Fsp3) is 0.600. The van der Waals surface area contributed by atoms with Crippen LogP contribution < -0.4 is 0 Å². The van der Waals surface area contributed by atoms with E-state index in [2.05, 4.69) is 4.18 Å². The minimum absolute atomic E-state index is 0. The van der Waals surface area contributed by atoms with E-state index in [0.29, 0.717) is 12.3 Å². The molecule has 0 amide bonds. The summed E-state index contributed by atoms with van der Waals surface area (Å²) in [6.45, 7) is 1.33. The number of rotatable bonds is 2. The predicted molar refractivity (Wildman–Crippen MR) is 35.6 cm³/mol. The smallest absolute Gasteiger partial charge is 0.139 e. The first-order valence-corrected chi connectivity index (χ1v) is 3.83. The van der Waals surface area contributed by atoms with Gasteiger partial charge in [0.15, 0.2) is 0 Å². The van der Waals surface area contributed by atoms with Gasteiger partial charge in [0.2, 0.25) is 0 Å². The molecule has 1 heterocycles. The Hall–Kier alpha value is 0.298. The topological polar surface area (TPSA) is 52.6 Å². The van der Waals surface area contributed by atoms with Crippen molar-refractivity contribution in [1.29, 1.82) is 0 Å². The molecule has 11 heavy (non-hydrogen) atoms. The van der Waals surface area contributed by atoms with Crippen molar-refractivity contribution in [3.05, 3.63) is 11.8 Å². The Morgan fingerprint density at radius 1 is 1.82 bits per heavy atom. The summed E-state index contributed by atoms with van der Waals surface area (Å²) in [6.07, 6.45) is 1.75. The fourth-order valence-corrected chi connectivity index (χ4v) is 1.10. The zero-order valence-corrected chi connectivity index (χ0v) is 9.73. The van der Waals surface area contributed by atoms with E-state index >= 15 is 0 Å². The summed E-state index contributed by atoms with van der Waals surface area (Å²) < 4.78 is 24.4. The molecule has 0 saturated heterocycles. The van der Waals surface area contributed by atoms with Crippen LogP contribution >= 0.6 is 0 Å². The molecule has 1 aliphatic rings. The molecular weight excluding hydrogens is 338 g/mol. The van der Waals surface area contributed by atoms with Gasteiger partial charge in [0.1, 0.15) is 17.1 Å². The van der Waals surface area contributed by atoms with Gasteiger partial charge < -0.3 is 8.74 Å². The summed E-state index contributed by atoms with van der Waals surface area (Å²) in [7, 11) is 1.89. The van der Waals surface area contributed by atoms with Crippen molar-refractivity contribution in [2.24, 2.45) is 0 Å². The standard InChI is InChI=1S/C5H9NO3S.W/c1-6-3-2-5(4-6)9-10(7)8;/h2H,3-4H2,1H3,(H,7,8);/p-1. The number of hydrogen-bond acceptors (Lipinski definition) is 4. The van der Waals surface area contributed by atoms with Crippen molar-refractivity contribution < 1.29 is 34.0 Å². The minimum atomic E-state index is -2.42. The molecule has 6 heteroatoms. The van der Waals surface area contributed by atoms with Gasteiger partial charge in [-0.05, 0) is 13.1 Å². The molecule has 1 atom stereocenters. The number of nitrogens with zero attached hydrogens (tertiary/aromatic N) is 1. The Kier molecular flexibility index (Phi) is 5.17. The van der Waals surface area contributed by atoms with Crippen LogP contribution in [0.2, 0.25) is 0 Å². The maximum Gasteiger partial charge on any atom is 0.139 e. The molecule has 1 rings (SSSR count). The van der Waals surface area contributed by atoms with E-state index in [4.69, 9.17) is 0 Å². The maximum atomic E-state index is 9.98. The third kappa shape index (κ3) is 4.01. The molecular formula is C5H8NO3SW-. The van der Waals surface area contributed by atoms with Gasteiger partial charge in [-0.2, -0.15) is 0 Å². The molecule has 1 unspecified atom stereocenters. The Labute approximate surface area is 82.4 Å². The summed E-state index contributed by atoms with van der Waals surface area (Å²) in [5.41, 5.74) is 0. The second-order valence-electron chi connectivity index (χ2n) is 2.15. The van der Waals surface area contributed by atoms with Gasteiger partial charge in [-0.15, -0.1) is 0 Å². The Morgan fingerprint density at radius 3 is 2.82 bits per heavy atom. The molecule has 0 spiro atoms. The third-order valence-electron chi connectivity index (χ3n) is 1.23. The van der Waals surface area contributed by atoms with Gasteiger partial charge in [-0.3, -0.25) is 4.90 Å². The van der Waals surface area contributed by atoms with E-state index in [-0.39, 0.29) is 21.1 Å². The third-order valence-corrected chi connectivity index (χ3v) is 1.58. The van der Waals surface area contributed by atoms with Crippen molar-refractivity contribution >= 4 is 11.4 Å². The van der Waals surface area contributed by atoms with Crippen LogP contribution in [-0.2, 0) is 36.6 Å². The van der Waals surface area contributed by atoms with Crippen LogP contribution in [0.3, 0.4) is 0 Å². The fourth-order valence-electron chi connectivity index (χ4n) is 0.801. The maximum absolute atomic E-state index is 9.98. The molecule has 0 fully saturated rings. The molecule has 0 N–H and O–H groups in total. The van der Waals surface area contributed by atoms with Gasteiger partial charge in [0, 0.05) is 27.6 Å². The number of hydrogen-bond donors (Lipinski definition) is 0. The zero-order chi connectivity index (χ0) is 7.56. The van der Waals surface area contributed by atoms with Gasteiger partial charge in [0.05, 0.1) is 6.54 Å². The molecule has 0 bridgehead atoms. The Morgan fingerprint density at radius 2 is 2.45 bits per heavy atom. The van der Waals surface area contributed by atoms with Crippen LogP contribution in [-0.4, -0.2) is 33.8 Å². The summed E-state index contributed by atoms with van der Waals surface area (Å²) >= 11 is -2.42. The molecule has 0 aromatic rings. The van der Waals surface area contributed by atoms with Crippen molar-refractivity contribution in [2.75, 3.05) is 20.1 Å². The molecule has 1 aliphatic heterocycles. The average Bonchev–Trinajstić information content (AvgIpc) is 2.13. The van der Waals surface area contributed by atoms with Crippen molar-refractivity contribution in [3.8, 4) is 0 Å². The minimum Gasteiger partial charge on any atom is -0.740 e. The SMILES string of the molecule is CN1CC=C(OS(=O)[O-])C1.[W]. The van der Waals surface area contributed by atoms with Gasteiger partial charge in [0.25, 0.3) is 0 Å². The quantitative estimate of drug-likeness (QED) is 0.640. The summed E-state index contributed by atoms with van der Waals surface area (Å²) in [6, 6.07) is 0. The van der Waals surface area contributed by atoms with E-state index in [9.17, 15) is 8.76 Å². The van der Waals surface area contributed by atoms with Crippen molar-refractivity contribution in [3.63, 3.8) is 0 Å². The second-order valence-corrected chi connectivity index (χ2v) is 2.73. The van der Waals surface area contributed by atoms with Crippen LogP contribution in [0.15, 0.2) is 11.8 Å². The van der Waals surface area contributed by atoms with E-state index in [0.717, 1.165) is 6.54 Å². The second kappa shape index (κ2) is 5.03. The van der Waals surface area contributed by atoms with Gasteiger partial charge in [-0.25, -0.2) is 4.21 Å². The van der Waals surface area contributed by atoms with E-state index in [1.165, 1.54) is 0 Å². The monoisotopic (exact) mass is 346 g/mol. The molecule has 0 saturated carbocycles. The first kappa shape index (κ1) is 11.3. The summed E-state index contributed by atoms with van der Waals surface area (Å²) in [5.74, 6) is 0.510. The van der Waals surface area contributed by atoms with Crippen LogP contribution in [0.5, 0.6) is 0 Å². The average molecular weight is 346 g/mol. The molecule has 0 aromatic carbocycles. The van der Waals surface area contributed by atoms with Gasteiger partial charge in [-0.1, -0.05) is 0 Å². The summed E-state index contributed by atoms with van der Waals surface area (Å²) in [5, 5.41) is 0. The largest absolute Gasteiger partial charge is 0.740 e. The van der Waals surface area contributed by atoms with Crippen LogP contribution in [0.1, 0.15) is 0 Å². The molecule has 4 nitrogen and oxygen atoms in total. The molecule has 0 aromatic heterocycles. The van der Waals surface area contributed by atoms with E-state index < -0.39 is 11.4 Å². The Bertz CT molecular complexity index is 185. The van der Waals surface area contributed by atoms with E-state index in [1.807, 2.05) is 11.9 Å². The van der Waals surface area contributed by atoms with Crippen LogP contribution in [0, 0.1) is 0 Å². The van der Waals surface area contributed by atoms with Crippen LogP contribution in [0.25, 0.3) is 0 Å². The zero-order valence-electron chi connectivity index (χ0n) is 5.98. The summed E-state index contributed by atoms with van der Waals surface area (Å²) in [4.78, 5) is 1.95. The van der Waals surface area contributed by atoms with Crippen molar-refractivity contribution in [2.45, 2.75) is 0 Å². The van der Waals surface area contributed by atoms with E-state index in [1.54, 1.807) is 6.08 Å². The van der Waals surface area contributed by atoms with Crippen LogP contribution in [0.4, 0.5) is 0 Å².